The molecule has 0 aromatic heterocycles. The molecule has 0 spiro atoms. The number of rotatable bonds is 2. The first kappa shape index (κ1) is 11.6. The van der Waals surface area contributed by atoms with E-state index in [-0.39, 0.29) is 5.82 Å². The number of hydrogen-bond donors (Lipinski definition) is 1. The van der Waals surface area contributed by atoms with Gasteiger partial charge in [-0.2, -0.15) is 0 Å². The van der Waals surface area contributed by atoms with Crippen LogP contribution in [-0.4, -0.2) is 12.6 Å². The van der Waals surface area contributed by atoms with Crippen molar-refractivity contribution in [1.29, 1.82) is 0 Å². The molecule has 16 heavy (non-hydrogen) atoms. The number of nitrogens with one attached hydrogen (secondary N) is 1. The highest BCUT2D eigenvalue weighted by Gasteiger charge is 2.21. The lowest BCUT2D eigenvalue weighted by molar-refractivity contribution is 0.298. The van der Waals surface area contributed by atoms with E-state index in [1.165, 1.54) is 24.5 Å². The van der Waals surface area contributed by atoms with Crippen LogP contribution >= 0.6 is 0 Å². The average Bonchev–Trinajstić information content (AvgIpc) is 2.27. The van der Waals surface area contributed by atoms with Crippen molar-refractivity contribution in [2.24, 2.45) is 5.92 Å². The summed E-state index contributed by atoms with van der Waals surface area (Å²) in [6, 6.07) is 5.60. The summed E-state index contributed by atoms with van der Waals surface area (Å²) in [5.41, 5.74) is 2.34. The first-order valence-corrected chi connectivity index (χ1v) is 6.15. The summed E-state index contributed by atoms with van der Waals surface area (Å²) in [6.45, 7) is 5.44. The Morgan fingerprint density at radius 1 is 1.44 bits per heavy atom. The van der Waals surface area contributed by atoms with Crippen molar-refractivity contribution < 1.29 is 4.39 Å². The average molecular weight is 221 g/mol. The quantitative estimate of drug-likeness (QED) is 0.809. The summed E-state index contributed by atoms with van der Waals surface area (Å²) in [4.78, 5) is 0. The van der Waals surface area contributed by atoms with E-state index in [0.29, 0.717) is 12.0 Å². The van der Waals surface area contributed by atoms with Gasteiger partial charge in [-0.05, 0) is 61.9 Å². The first-order valence-electron chi connectivity index (χ1n) is 6.15. The predicted octanol–water partition coefficient (Wildman–Crippen LogP) is 3.06. The molecule has 2 atom stereocenters. The van der Waals surface area contributed by atoms with Crippen LogP contribution in [-0.2, 0) is 6.42 Å². The van der Waals surface area contributed by atoms with Crippen LogP contribution in [0.2, 0.25) is 0 Å². The lowest BCUT2D eigenvalue weighted by Crippen LogP contribution is -2.41. The van der Waals surface area contributed by atoms with E-state index in [1.807, 2.05) is 6.07 Å². The van der Waals surface area contributed by atoms with Crippen LogP contribution in [0.25, 0.3) is 0 Å². The highest BCUT2D eigenvalue weighted by atomic mass is 19.1. The molecule has 0 saturated carbocycles. The highest BCUT2D eigenvalue weighted by Crippen LogP contribution is 2.21. The molecule has 1 aliphatic rings. The molecule has 1 heterocycles. The minimum absolute atomic E-state index is 0.121. The summed E-state index contributed by atoms with van der Waals surface area (Å²) in [7, 11) is 0. The zero-order valence-electron chi connectivity index (χ0n) is 10.1. The van der Waals surface area contributed by atoms with Crippen molar-refractivity contribution in [1.82, 2.24) is 5.32 Å². The van der Waals surface area contributed by atoms with Crippen molar-refractivity contribution in [2.75, 3.05) is 6.54 Å². The Morgan fingerprint density at radius 3 is 3.00 bits per heavy atom. The van der Waals surface area contributed by atoms with Gasteiger partial charge in [-0.1, -0.05) is 13.0 Å². The maximum Gasteiger partial charge on any atom is 0.123 e. The number of aryl methyl sites for hydroxylation is 1. The fourth-order valence-corrected chi connectivity index (χ4v) is 2.48. The van der Waals surface area contributed by atoms with Crippen LogP contribution in [0.3, 0.4) is 0 Å². The van der Waals surface area contributed by atoms with Crippen molar-refractivity contribution in [3.8, 4) is 0 Å². The van der Waals surface area contributed by atoms with Gasteiger partial charge in [0.05, 0.1) is 0 Å². The Bertz CT molecular complexity index is 362. The van der Waals surface area contributed by atoms with E-state index >= 15 is 0 Å². The van der Waals surface area contributed by atoms with Gasteiger partial charge in [-0.3, -0.25) is 0 Å². The SMILES string of the molecule is Cc1ccc(F)cc1CC1NCCCC1C. The molecule has 0 bridgehead atoms. The first-order chi connectivity index (χ1) is 7.66. The minimum Gasteiger partial charge on any atom is -0.313 e. The van der Waals surface area contributed by atoms with Gasteiger partial charge in [0.2, 0.25) is 0 Å². The standard InChI is InChI=1S/C14H20FN/c1-10-5-6-13(15)8-12(10)9-14-11(2)4-3-7-16-14/h5-6,8,11,14,16H,3-4,7,9H2,1-2H3. The molecule has 1 N–H and O–H groups in total. The Morgan fingerprint density at radius 2 is 2.25 bits per heavy atom. The van der Waals surface area contributed by atoms with Crippen LogP contribution in [0, 0.1) is 18.7 Å². The van der Waals surface area contributed by atoms with Gasteiger partial charge in [0.1, 0.15) is 5.82 Å². The third-order valence-electron chi connectivity index (χ3n) is 3.68. The number of hydrogen-bond acceptors (Lipinski definition) is 1. The summed E-state index contributed by atoms with van der Waals surface area (Å²) in [6.07, 6.45) is 3.50. The molecule has 1 fully saturated rings. The molecule has 0 radical (unpaired) electrons. The van der Waals surface area contributed by atoms with E-state index < -0.39 is 0 Å². The maximum atomic E-state index is 13.2. The lowest BCUT2D eigenvalue weighted by Gasteiger charge is -2.30. The van der Waals surface area contributed by atoms with Gasteiger partial charge < -0.3 is 5.32 Å². The normalized spacial score (nSPS) is 25.7. The number of benzene rings is 1. The Kier molecular flexibility index (Phi) is 3.59. The van der Waals surface area contributed by atoms with Gasteiger partial charge >= 0.3 is 0 Å². The van der Waals surface area contributed by atoms with E-state index in [4.69, 9.17) is 0 Å². The lowest BCUT2D eigenvalue weighted by atomic mass is 9.87. The molecule has 88 valence electrons. The van der Waals surface area contributed by atoms with E-state index in [0.717, 1.165) is 18.5 Å². The molecule has 1 saturated heterocycles. The van der Waals surface area contributed by atoms with Crippen LogP contribution in [0.15, 0.2) is 18.2 Å². The number of piperidine rings is 1. The molecule has 1 aromatic carbocycles. The van der Waals surface area contributed by atoms with Crippen molar-refractivity contribution in [3.05, 3.63) is 35.1 Å². The highest BCUT2D eigenvalue weighted by molar-refractivity contribution is 5.27. The molecular formula is C14H20FN. The van der Waals surface area contributed by atoms with Crippen molar-refractivity contribution in [2.45, 2.75) is 39.2 Å². The molecule has 0 amide bonds. The third kappa shape index (κ3) is 2.62. The van der Waals surface area contributed by atoms with Crippen LogP contribution in [0.1, 0.15) is 30.9 Å². The molecule has 1 aromatic rings. The molecule has 2 rings (SSSR count). The smallest absolute Gasteiger partial charge is 0.123 e. The van der Waals surface area contributed by atoms with Crippen LogP contribution in [0.5, 0.6) is 0 Å². The van der Waals surface area contributed by atoms with Gasteiger partial charge in [0, 0.05) is 6.04 Å². The van der Waals surface area contributed by atoms with Crippen molar-refractivity contribution >= 4 is 0 Å². The van der Waals surface area contributed by atoms with E-state index in [2.05, 4.69) is 19.2 Å². The third-order valence-corrected chi connectivity index (χ3v) is 3.68. The summed E-state index contributed by atoms with van der Waals surface area (Å²) < 4.78 is 13.2. The maximum absolute atomic E-state index is 13.2. The fraction of sp³-hybridized carbons (Fsp3) is 0.571. The van der Waals surface area contributed by atoms with Gasteiger partial charge in [-0.15, -0.1) is 0 Å². The second-order valence-electron chi connectivity index (χ2n) is 4.96. The van der Waals surface area contributed by atoms with E-state index in [9.17, 15) is 4.39 Å². The molecule has 2 unspecified atom stereocenters. The molecule has 2 heteroatoms. The van der Waals surface area contributed by atoms with Gasteiger partial charge in [-0.25, -0.2) is 4.39 Å². The van der Waals surface area contributed by atoms with Gasteiger partial charge in [0.15, 0.2) is 0 Å². The fourth-order valence-electron chi connectivity index (χ4n) is 2.48. The Labute approximate surface area is 97.1 Å². The Balaban J connectivity index is 2.10. The minimum atomic E-state index is -0.121. The predicted molar refractivity (Wildman–Crippen MR) is 65.0 cm³/mol. The molecular weight excluding hydrogens is 201 g/mol. The van der Waals surface area contributed by atoms with E-state index in [1.54, 1.807) is 6.07 Å². The number of halogens is 1. The topological polar surface area (TPSA) is 12.0 Å². The molecule has 1 nitrogen and oxygen atoms in total. The Hall–Kier alpha value is -0.890. The monoisotopic (exact) mass is 221 g/mol. The van der Waals surface area contributed by atoms with Crippen LogP contribution in [0.4, 0.5) is 4.39 Å². The van der Waals surface area contributed by atoms with Crippen molar-refractivity contribution in [3.63, 3.8) is 0 Å². The largest absolute Gasteiger partial charge is 0.313 e. The molecule has 1 aliphatic heterocycles. The zero-order chi connectivity index (χ0) is 11.5. The summed E-state index contributed by atoms with van der Waals surface area (Å²) in [5.74, 6) is 0.570. The van der Waals surface area contributed by atoms with Gasteiger partial charge in [0.25, 0.3) is 0 Å². The second kappa shape index (κ2) is 4.96. The zero-order valence-corrected chi connectivity index (χ0v) is 10.1. The summed E-state index contributed by atoms with van der Waals surface area (Å²) in [5, 5.41) is 3.54. The summed E-state index contributed by atoms with van der Waals surface area (Å²) >= 11 is 0. The molecule has 0 aliphatic carbocycles. The van der Waals surface area contributed by atoms with Crippen LogP contribution < -0.4 is 5.32 Å². The second-order valence-corrected chi connectivity index (χ2v) is 4.96.